The molecule has 0 aliphatic rings. The van der Waals surface area contributed by atoms with Gasteiger partial charge in [-0.15, -0.1) is 0 Å². The van der Waals surface area contributed by atoms with Crippen LogP contribution in [0.1, 0.15) is 34.5 Å². The van der Waals surface area contributed by atoms with Crippen LogP contribution < -0.4 is 10.1 Å². The molecule has 0 heterocycles. The second-order valence-corrected chi connectivity index (χ2v) is 5.82. The van der Waals surface area contributed by atoms with Crippen molar-refractivity contribution in [1.29, 1.82) is 0 Å². The molecule has 0 aliphatic heterocycles. The Balaban J connectivity index is 1.93. The lowest BCUT2D eigenvalue weighted by Crippen LogP contribution is -2.29. The van der Waals surface area contributed by atoms with Crippen molar-refractivity contribution in [2.45, 2.75) is 13.0 Å². The number of nitrogens with one attached hydrogen (secondary N) is 1. The normalized spacial score (nSPS) is 10.4. The first kappa shape index (κ1) is 17.4. The van der Waals surface area contributed by atoms with E-state index in [1.807, 2.05) is 60.7 Å². The minimum Gasteiger partial charge on any atom is -0.426 e. The molecule has 3 rings (SSSR count). The van der Waals surface area contributed by atoms with Crippen LogP contribution >= 0.6 is 0 Å². The molecule has 4 heteroatoms. The van der Waals surface area contributed by atoms with E-state index in [-0.39, 0.29) is 17.7 Å². The molecule has 0 radical (unpaired) electrons. The molecule has 0 aliphatic carbocycles. The summed E-state index contributed by atoms with van der Waals surface area (Å²) in [6.45, 7) is 1.31. The third-order valence-electron chi connectivity index (χ3n) is 3.93. The molecule has 1 amide bonds. The molecule has 3 aromatic carbocycles. The number of para-hydroxylation sites is 1. The molecule has 0 aromatic heterocycles. The third-order valence-corrected chi connectivity index (χ3v) is 3.93. The van der Waals surface area contributed by atoms with Gasteiger partial charge in [-0.2, -0.15) is 0 Å². The van der Waals surface area contributed by atoms with E-state index >= 15 is 0 Å². The van der Waals surface area contributed by atoms with E-state index in [9.17, 15) is 9.59 Å². The van der Waals surface area contributed by atoms with Gasteiger partial charge in [0.2, 0.25) is 0 Å². The van der Waals surface area contributed by atoms with Crippen molar-refractivity contribution in [3.8, 4) is 5.75 Å². The van der Waals surface area contributed by atoms with E-state index in [0.29, 0.717) is 5.56 Å². The molecule has 130 valence electrons. The smallest absolute Gasteiger partial charge is 0.308 e. The van der Waals surface area contributed by atoms with Crippen molar-refractivity contribution < 1.29 is 14.3 Å². The summed E-state index contributed by atoms with van der Waals surface area (Å²) >= 11 is 0. The van der Waals surface area contributed by atoms with Crippen molar-refractivity contribution >= 4 is 11.9 Å². The first-order valence-corrected chi connectivity index (χ1v) is 8.33. The standard InChI is InChI=1S/C22H19NO3/c1-16(24)26-20-15-9-8-14-19(20)22(25)23-21(17-10-4-2-5-11-17)18-12-6-3-7-13-18/h2-15,21H,1H3,(H,23,25). The third kappa shape index (κ3) is 4.16. The van der Waals surface area contributed by atoms with Gasteiger partial charge in [-0.25, -0.2) is 0 Å². The molecule has 0 fully saturated rings. The fourth-order valence-electron chi connectivity index (χ4n) is 2.76. The summed E-state index contributed by atoms with van der Waals surface area (Å²) in [5.74, 6) is -0.523. The Morgan fingerprint density at radius 2 is 1.27 bits per heavy atom. The lowest BCUT2D eigenvalue weighted by atomic mass is 9.98. The summed E-state index contributed by atoms with van der Waals surface area (Å²) in [5.41, 5.74) is 2.26. The van der Waals surface area contributed by atoms with E-state index in [4.69, 9.17) is 4.74 Å². The molecule has 26 heavy (non-hydrogen) atoms. The van der Waals surface area contributed by atoms with Crippen LogP contribution in [0.2, 0.25) is 0 Å². The predicted octanol–water partition coefficient (Wildman–Crippen LogP) is 4.13. The Hall–Kier alpha value is -3.40. The van der Waals surface area contributed by atoms with Crippen LogP contribution in [-0.4, -0.2) is 11.9 Å². The van der Waals surface area contributed by atoms with Gasteiger partial charge >= 0.3 is 5.97 Å². The van der Waals surface area contributed by atoms with Crippen LogP contribution in [0.15, 0.2) is 84.9 Å². The van der Waals surface area contributed by atoms with Gasteiger partial charge < -0.3 is 10.1 Å². The van der Waals surface area contributed by atoms with Crippen molar-refractivity contribution in [2.24, 2.45) is 0 Å². The van der Waals surface area contributed by atoms with Gasteiger partial charge in [0, 0.05) is 6.92 Å². The summed E-state index contributed by atoms with van der Waals surface area (Å²) in [6, 6.07) is 25.9. The van der Waals surface area contributed by atoms with Crippen molar-refractivity contribution in [3.63, 3.8) is 0 Å². The second kappa shape index (κ2) is 8.12. The van der Waals surface area contributed by atoms with Gasteiger partial charge in [0.05, 0.1) is 11.6 Å². The van der Waals surface area contributed by atoms with Gasteiger partial charge in [-0.3, -0.25) is 9.59 Å². The molecule has 0 bridgehead atoms. The minimum absolute atomic E-state index is 0.248. The van der Waals surface area contributed by atoms with Crippen LogP contribution in [0.3, 0.4) is 0 Å². The minimum atomic E-state index is -0.465. The van der Waals surface area contributed by atoms with Gasteiger partial charge in [-0.05, 0) is 23.3 Å². The zero-order valence-corrected chi connectivity index (χ0v) is 14.4. The Morgan fingerprint density at radius 3 is 1.81 bits per heavy atom. The van der Waals surface area contributed by atoms with Crippen molar-refractivity contribution in [1.82, 2.24) is 5.32 Å². The predicted molar refractivity (Wildman–Crippen MR) is 99.9 cm³/mol. The zero-order valence-electron chi connectivity index (χ0n) is 14.4. The summed E-state index contributed by atoms with van der Waals surface area (Å²) in [4.78, 5) is 24.2. The molecule has 0 atom stereocenters. The van der Waals surface area contributed by atoms with E-state index in [0.717, 1.165) is 11.1 Å². The molecule has 4 nitrogen and oxygen atoms in total. The maximum Gasteiger partial charge on any atom is 0.308 e. The summed E-state index contributed by atoms with van der Waals surface area (Å²) < 4.78 is 5.16. The number of benzene rings is 3. The maximum atomic E-state index is 12.9. The highest BCUT2D eigenvalue weighted by atomic mass is 16.5. The Kier molecular flexibility index (Phi) is 5.44. The van der Waals surface area contributed by atoms with Gasteiger partial charge in [-0.1, -0.05) is 72.8 Å². The van der Waals surface area contributed by atoms with Gasteiger partial charge in [0.1, 0.15) is 5.75 Å². The molecule has 0 spiro atoms. The van der Waals surface area contributed by atoms with Gasteiger partial charge in [0.25, 0.3) is 5.91 Å². The van der Waals surface area contributed by atoms with Crippen LogP contribution in [0, 0.1) is 0 Å². The van der Waals surface area contributed by atoms with Crippen LogP contribution in [-0.2, 0) is 4.79 Å². The molecular formula is C22H19NO3. The Morgan fingerprint density at radius 1 is 0.769 bits per heavy atom. The monoisotopic (exact) mass is 345 g/mol. The Bertz CT molecular complexity index is 852. The number of amides is 1. The highest BCUT2D eigenvalue weighted by Gasteiger charge is 2.20. The topological polar surface area (TPSA) is 55.4 Å². The van der Waals surface area contributed by atoms with Gasteiger partial charge in [0.15, 0.2) is 0 Å². The SMILES string of the molecule is CC(=O)Oc1ccccc1C(=O)NC(c1ccccc1)c1ccccc1. The molecule has 0 saturated heterocycles. The van der Waals surface area contributed by atoms with Crippen LogP contribution in [0.4, 0.5) is 0 Å². The number of ether oxygens (including phenoxy) is 1. The molecule has 0 saturated carbocycles. The highest BCUT2D eigenvalue weighted by molar-refractivity contribution is 5.98. The number of carbonyl (C=O) groups excluding carboxylic acids is 2. The molecule has 1 N–H and O–H groups in total. The molecule has 0 unspecified atom stereocenters. The summed E-state index contributed by atoms with van der Waals surface area (Å²) in [5, 5.41) is 3.05. The molecular weight excluding hydrogens is 326 g/mol. The van der Waals surface area contributed by atoms with Crippen molar-refractivity contribution in [2.75, 3.05) is 0 Å². The summed E-state index contributed by atoms with van der Waals surface area (Å²) in [6.07, 6.45) is 0. The largest absolute Gasteiger partial charge is 0.426 e. The lowest BCUT2D eigenvalue weighted by molar-refractivity contribution is -0.131. The fraction of sp³-hybridized carbons (Fsp3) is 0.0909. The average molecular weight is 345 g/mol. The average Bonchev–Trinajstić information content (AvgIpc) is 2.67. The van der Waals surface area contributed by atoms with Crippen molar-refractivity contribution in [3.05, 3.63) is 102 Å². The second-order valence-electron chi connectivity index (χ2n) is 5.82. The Labute approximate surface area is 152 Å². The lowest BCUT2D eigenvalue weighted by Gasteiger charge is -2.20. The van der Waals surface area contributed by atoms with E-state index < -0.39 is 5.97 Å². The summed E-state index contributed by atoms with van der Waals surface area (Å²) in [7, 11) is 0. The quantitative estimate of drug-likeness (QED) is 0.559. The molecule has 3 aromatic rings. The number of carbonyl (C=O) groups is 2. The highest BCUT2D eigenvalue weighted by Crippen LogP contribution is 2.24. The zero-order chi connectivity index (χ0) is 18.4. The number of esters is 1. The first-order valence-electron chi connectivity index (χ1n) is 8.33. The van der Waals surface area contributed by atoms with E-state index in [1.54, 1.807) is 24.3 Å². The van der Waals surface area contributed by atoms with E-state index in [1.165, 1.54) is 6.92 Å². The first-order chi connectivity index (χ1) is 12.6. The number of hydrogen-bond donors (Lipinski definition) is 1. The van der Waals surface area contributed by atoms with Crippen LogP contribution in [0.5, 0.6) is 5.75 Å². The van der Waals surface area contributed by atoms with Crippen LogP contribution in [0.25, 0.3) is 0 Å². The van der Waals surface area contributed by atoms with E-state index in [2.05, 4.69) is 5.32 Å². The maximum absolute atomic E-state index is 12.9. The fourth-order valence-corrected chi connectivity index (χ4v) is 2.76. The number of rotatable bonds is 5. The number of hydrogen-bond acceptors (Lipinski definition) is 3.